The zero-order valence-electron chi connectivity index (χ0n) is 9.94. The van der Waals surface area contributed by atoms with E-state index >= 15 is 0 Å². The van der Waals surface area contributed by atoms with E-state index in [9.17, 15) is 4.79 Å². The molecule has 16 heavy (non-hydrogen) atoms. The molecule has 3 atom stereocenters. The number of hydrogen-bond donors (Lipinski definition) is 1. The van der Waals surface area contributed by atoms with Crippen molar-refractivity contribution in [2.75, 3.05) is 33.4 Å². The number of carbonyl (C=O) groups excluding carboxylic acids is 1. The number of carbonyl (C=O) groups is 1. The number of nitrogens with zero attached hydrogens (tertiary/aromatic N) is 1. The van der Waals surface area contributed by atoms with Gasteiger partial charge in [-0.25, -0.2) is 0 Å². The Morgan fingerprint density at radius 2 is 2.38 bits per heavy atom. The van der Waals surface area contributed by atoms with Crippen molar-refractivity contribution >= 4 is 5.91 Å². The summed E-state index contributed by atoms with van der Waals surface area (Å²) < 4.78 is 10.7. The molecule has 1 amide bonds. The molecule has 2 heterocycles. The molecule has 0 aliphatic carbocycles. The number of methoxy groups -OCH3 is 1. The molecule has 2 fully saturated rings. The molecule has 5 heteroatoms. The molecule has 92 valence electrons. The summed E-state index contributed by atoms with van der Waals surface area (Å²) in [7, 11) is 1.70. The van der Waals surface area contributed by atoms with E-state index in [2.05, 4.69) is 5.32 Å². The Balaban J connectivity index is 1.91. The minimum atomic E-state index is -0.190. The normalized spacial score (nSPS) is 35.4. The third-order valence-electron chi connectivity index (χ3n) is 3.37. The second-order valence-electron chi connectivity index (χ2n) is 4.44. The zero-order chi connectivity index (χ0) is 11.5. The number of ether oxygens (including phenoxy) is 2. The van der Waals surface area contributed by atoms with Crippen LogP contribution in [0.1, 0.15) is 13.3 Å². The molecule has 0 unspecified atom stereocenters. The monoisotopic (exact) mass is 228 g/mol. The SMILES string of the molecule is CO[C@@H]1CCN(C(=O)[C@H]2NCCO[C@@H]2C)C1. The van der Waals surface area contributed by atoms with Gasteiger partial charge in [-0.15, -0.1) is 0 Å². The van der Waals surface area contributed by atoms with Crippen molar-refractivity contribution in [3.63, 3.8) is 0 Å². The summed E-state index contributed by atoms with van der Waals surface area (Å²) >= 11 is 0. The quantitative estimate of drug-likeness (QED) is 0.699. The average molecular weight is 228 g/mol. The molecule has 0 aromatic rings. The fourth-order valence-corrected chi connectivity index (χ4v) is 2.33. The van der Waals surface area contributed by atoms with Crippen molar-refractivity contribution in [1.82, 2.24) is 10.2 Å². The average Bonchev–Trinajstić information content (AvgIpc) is 2.77. The van der Waals surface area contributed by atoms with Crippen LogP contribution in [0.5, 0.6) is 0 Å². The van der Waals surface area contributed by atoms with Gasteiger partial charge < -0.3 is 19.7 Å². The Hall–Kier alpha value is -0.650. The maximum absolute atomic E-state index is 12.2. The van der Waals surface area contributed by atoms with Gasteiger partial charge in [-0.3, -0.25) is 4.79 Å². The topological polar surface area (TPSA) is 50.8 Å². The molecule has 0 saturated carbocycles. The highest BCUT2D eigenvalue weighted by Crippen LogP contribution is 2.15. The van der Waals surface area contributed by atoms with Gasteiger partial charge in [0.25, 0.3) is 0 Å². The van der Waals surface area contributed by atoms with Crippen LogP contribution in [0.2, 0.25) is 0 Å². The maximum Gasteiger partial charge on any atom is 0.242 e. The Kier molecular flexibility index (Phi) is 3.78. The largest absolute Gasteiger partial charge is 0.380 e. The van der Waals surface area contributed by atoms with E-state index in [4.69, 9.17) is 9.47 Å². The van der Waals surface area contributed by atoms with Crippen molar-refractivity contribution in [2.45, 2.75) is 31.6 Å². The van der Waals surface area contributed by atoms with Gasteiger partial charge in [0.05, 0.1) is 18.8 Å². The lowest BCUT2D eigenvalue weighted by molar-refractivity contribution is -0.138. The summed E-state index contributed by atoms with van der Waals surface area (Å²) in [5.74, 6) is 0.145. The first kappa shape index (κ1) is 11.8. The van der Waals surface area contributed by atoms with Gasteiger partial charge in [0.2, 0.25) is 5.91 Å². The van der Waals surface area contributed by atoms with Gasteiger partial charge in [-0.05, 0) is 13.3 Å². The first-order valence-corrected chi connectivity index (χ1v) is 5.89. The molecule has 2 aliphatic heterocycles. The van der Waals surface area contributed by atoms with E-state index in [0.717, 1.165) is 19.5 Å². The first-order valence-electron chi connectivity index (χ1n) is 5.89. The van der Waals surface area contributed by atoms with Gasteiger partial charge in [-0.1, -0.05) is 0 Å². The van der Waals surface area contributed by atoms with Crippen LogP contribution < -0.4 is 5.32 Å². The van der Waals surface area contributed by atoms with Crippen LogP contribution in [0.15, 0.2) is 0 Å². The van der Waals surface area contributed by atoms with Crippen LogP contribution in [0.25, 0.3) is 0 Å². The van der Waals surface area contributed by atoms with Gasteiger partial charge in [0.1, 0.15) is 6.04 Å². The molecule has 5 nitrogen and oxygen atoms in total. The van der Waals surface area contributed by atoms with Crippen LogP contribution in [-0.4, -0.2) is 62.4 Å². The summed E-state index contributed by atoms with van der Waals surface area (Å²) in [4.78, 5) is 14.1. The van der Waals surface area contributed by atoms with Crippen molar-refractivity contribution in [2.24, 2.45) is 0 Å². The minimum Gasteiger partial charge on any atom is -0.380 e. The third-order valence-corrected chi connectivity index (χ3v) is 3.37. The van der Waals surface area contributed by atoms with E-state index in [-0.39, 0.29) is 24.2 Å². The number of morpholine rings is 1. The molecule has 2 aliphatic rings. The van der Waals surface area contributed by atoms with Gasteiger partial charge in [0, 0.05) is 26.7 Å². The van der Waals surface area contributed by atoms with Crippen LogP contribution in [0.3, 0.4) is 0 Å². The van der Waals surface area contributed by atoms with Crippen LogP contribution >= 0.6 is 0 Å². The second-order valence-corrected chi connectivity index (χ2v) is 4.44. The van der Waals surface area contributed by atoms with E-state index in [1.807, 2.05) is 11.8 Å². The Morgan fingerprint density at radius 3 is 3.00 bits per heavy atom. The van der Waals surface area contributed by atoms with Gasteiger partial charge in [-0.2, -0.15) is 0 Å². The summed E-state index contributed by atoms with van der Waals surface area (Å²) in [6.07, 6.45) is 1.09. The predicted molar refractivity (Wildman–Crippen MR) is 59.2 cm³/mol. The van der Waals surface area contributed by atoms with Gasteiger partial charge in [0.15, 0.2) is 0 Å². The lowest BCUT2D eigenvalue weighted by Gasteiger charge is -2.32. The van der Waals surface area contributed by atoms with E-state index in [0.29, 0.717) is 13.2 Å². The molecule has 1 N–H and O–H groups in total. The van der Waals surface area contributed by atoms with Crippen molar-refractivity contribution in [3.05, 3.63) is 0 Å². The fraction of sp³-hybridized carbons (Fsp3) is 0.909. The Morgan fingerprint density at radius 1 is 1.56 bits per heavy atom. The second kappa shape index (κ2) is 5.12. The molecule has 2 saturated heterocycles. The lowest BCUT2D eigenvalue weighted by Crippen LogP contribution is -2.56. The molecule has 0 aromatic heterocycles. The number of nitrogens with one attached hydrogen (secondary N) is 1. The molecule has 0 spiro atoms. The first-order chi connectivity index (χ1) is 7.72. The zero-order valence-corrected chi connectivity index (χ0v) is 9.94. The molecular formula is C11H20N2O3. The van der Waals surface area contributed by atoms with Crippen LogP contribution in [-0.2, 0) is 14.3 Å². The number of rotatable bonds is 2. The predicted octanol–water partition coefficient (Wildman–Crippen LogP) is -0.389. The third kappa shape index (κ3) is 2.36. The van der Waals surface area contributed by atoms with Crippen LogP contribution in [0.4, 0.5) is 0 Å². The lowest BCUT2D eigenvalue weighted by atomic mass is 10.1. The summed E-state index contributed by atoms with van der Waals surface area (Å²) in [5.41, 5.74) is 0. The smallest absolute Gasteiger partial charge is 0.242 e. The molecule has 2 rings (SSSR count). The number of likely N-dealkylation sites (tertiary alicyclic amines) is 1. The summed E-state index contributed by atoms with van der Waals surface area (Å²) in [5, 5.41) is 3.22. The van der Waals surface area contributed by atoms with Gasteiger partial charge >= 0.3 is 0 Å². The molecule has 0 bridgehead atoms. The minimum absolute atomic E-state index is 0.0390. The molecule has 0 aromatic carbocycles. The van der Waals surface area contributed by atoms with Crippen LogP contribution in [0, 0.1) is 0 Å². The highest BCUT2D eigenvalue weighted by molar-refractivity contribution is 5.83. The Bertz CT molecular complexity index is 260. The Labute approximate surface area is 96.1 Å². The van der Waals surface area contributed by atoms with Crippen molar-refractivity contribution in [1.29, 1.82) is 0 Å². The highest BCUT2D eigenvalue weighted by atomic mass is 16.5. The van der Waals surface area contributed by atoms with E-state index in [1.165, 1.54) is 0 Å². The van der Waals surface area contributed by atoms with E-state index < -0.39 is 0 Å². The standard InChI is InChI=1S/C11H20N2O3/c1-8-10(12-4-6-16-8)11(14)13-5-3-9(7-13)15-2/h8-10,12H,3-7H2,1-2H3/t8-,9-,10+/m1/s1. The highest BCUT2D eigenvalue weighted by Gasteiger charge is 2.35. The van der Waals surface area contributed by atoms with E-state index in [1.54, 1.807) is 7.11 Å². The fourth-order valence-electron chi connectivity index (χ4n) is 2.33. The summed E-state index contributed by atoms with van der Waals surface area (Å²) in [6.45, 7) is 4.88. The van der Waals surface area contributed by atoms with Crippen molar-refractivity contribution < 1.29 is 14.3 Å². The van der Waals surface area contributed by atoms with Crippen molar-refractivity contribution in [3.8, 4) is 0 Å². The number of hydrogen-bond acceptors (Lipinski definition) is 4. The maximum atomic E-state index is 12.2. The molecule has 0 radical (unpaired) electrons. The number of amides is 1. The molecular weight excluding hydrogens is 208 g/mol. The summed E-state index contributed by atoms with van der Waals surface area (Å²) in [6, 6.07) is -0.190.